The van der Waals surface area contributed by atoms with Gasteiger partial charge in [-0.2, -0.15) is 0 Å². The number of carbonyl (C=O) groups excluding carboxylic acids is 1. The highest BCUT2D eigenvalue weighted by molar-refractivity contribution is 7.07. The quantitative estimate of drug-likeness (QED) is 0.668. The van der Waals surface area contributed by atoms with Crippen LogP contribution in [0.15, 0.2) is 50.6 Å². The van der Waals surface area contributed by atoms with Gasteiger partial charge in [0.2, 0.25) is 5.72 Å². The van der Waals surface area contributed by atoms with Gasteiger partial charge in [-0.15, -0.1) is 0 Å². The van der Waals surface area contributed by atoms with Gasteiger partial charge in [0, 0.05) is 11.6 Å². The van der Waals surface area contributed by atoms with Gasteiger partial charge in [-0.3, -0.25) is 14.2 Å². The van der Waals surface area contributed by atoms with Crippen molar-refractivity contribution in [2.75, 3.05) is 0 Å². The Balaban J connectivity index is 1.82. The Morgan fingerprint density at radius 2 is 2.07 bits per heavy atom. The van der Waals surface area contributed by atoms with Crippen LogP contribution in [0.5, 0.6) is 5.75 Å². The van der Waals surface area contributed by atoms with Crippen molar-refractivity contribution in [1.82, 2.24) is 4.57 Å². The maximum absolute atomic E-state index is 13.3. The number of benzene rings is 1. The summed E-state index contributed by atoms with van der Waals surface area (Å²) in [7, 11) is 0. The number of hydrogen-bond donors (Lipinski definition) is 0. The van der Waals surface area contributed by atoms with Crippen LogP contribution in [0.1, 0.15) is 37.0 Å². The molecule has 4 heterocycles. The van der Waals surface area contributed by atoms with Crippen LogP contribution in [0.25, 0.3) is 6.08 Å². The summed E-state index contributed by atoms with van der Waals surface area (Å²) in [6.07, 6.45) is 1.72. The zero-order valence-electron chi connectivity index (χ0n) is 15.6. The lowest BCUT2D eigenvalue weighted by Gasteiger charge is -2.45. The first kappa shape index (κ1) is 17.2. The molecule has 0 fully saturated rings. The number of carbonyl (C=O) groups is 1. The Morgan fingerprint density at radius 3 is 2.79 bits per heavy atom. The summed E-state index contributed by atoms with van der Waals surface area (Å²) in [5.41, 5.74) is -0.384. The normalized spacial score (nSPS) is 25.5. The van der Waals surface area contributed by atoms with Gasteiger partial charge in [0.1, 0.15) is 29.0 Å². The van der Waals surface area contributed by atoms with Crippen LogP contribution < -0.4 is 19.6 Å². The monoisotopic (exact) mass is 394 g/mol. The minimum Gasteiger partial charge on any atom is -0.465 e. The lowest BCUT2D eigenvalue weighted by Crippen LogP contribution is -2.58. The Hall–Kier alpha value is -2.93. The van der Waals surface area contributed by atoms with Crippen molar-refractivity contribution in [2.45, 2.75) is 32.5 Å². The Morgan fingerprint density at radius 1 is 1.29 bits per heavy atom. The summed E-state index contributed by atoms with van der Waals surface area (Å²) in [5, 5.41) is 0. The van der Waals surface area contributed by atoms with Crippen LogP contribution in [-0.4, -0.2) is 16.1 Å². The van der Waals surface area contributed by atoms with E-state index in [0.29, 0.717) is 20.8 Å². The molecule has 0 radical (unpaired) electrons. The molecule has 3 aromatic rings. The number of ketones is 1. The number of hydrogen-bond acceptors (Lipinski definition) is 6. The molecular weight excluding hydrogens is 376 g/mol. The lowest BCUT2D eigenvalue weighted by atomic mass is 9.79. The zero-order chi connectivity index (χ0) is 19.6. The molecule has 28 heavy (non-hydrogen) atoms. The summed E-state index contributed by atoms with van der Waals surface area (Å²) in [6.45, 7) is 5.20. The molecular formula is C21H18N2O4S. The van der Waals surface area contributed by atoms with Crippen LogP contribution in [0.4, 0.5) is 0 Å². The van der Waals surface area contributed by atoms with E-state index in [4.69, 9.17) is 14.1 Å². The van der Waals surface area contributed by atoms with Gasteiger partial charge in [0.15, 0.2) is 4.80 Å². The van der Waals surface area contributed by atoms with Gasteiger partial charge in [-0.25, -0.2) is 4.99 Å². The van der Waals surface area contributed by atoms with E-state index in [-0.39, 0.29) is 11.3 Å². The first-order chi connectivity index (χ1) is 13.4. The topological polar surface area (TPSA) is 73.8 Å². The van der Waals surface area contributed by atoms with Crippen molar-refractivity contribution in [1.29, 1.82) is 0 Å². The number of para-hydroxylation sites is 1. The molecule has 0 saturated carbocycles. The van der Waals surface area contributed by atoms with Gasteiger partial charge >= 0.3 is 0 Å². The van der Waals surface area contributed by atoms with E-state index in [0.717, 1.165) is 11.3 Å². The van der Waals surface area contributed by atoms with Crippen LogP contribution in [0.3, 0.4) is 0 Å². The van der Waals surface area contributed by atoms with Crippen molar-refractivity contribution in [3.05, 3.63) is 73.2 Å². The number of ether oxygens (including phenoxy) is 1. The predicted molar refractivity (Wildman–Crippen MR) is 104 cm³/mol. The molecule has 0 amide bonds. The van der Waals surface area contributed by atoms with Crippen LogP contribution >= 0.6 is 11.3 Å². The first-order valence-corrected chi connectivity index (χ1v) is 9.87. The number of fused-ring (bicyclic) bond motifs is 6. The molecule has 2 aromatic heterocycles. The fraction of sp³-hybridized carbons (Fsp3) is 0.286. The third-order valence-corrected chi connectivity index (χ3v) is 6.34. The van der Waals surface area contributed by atoms with Gasteiger partial charge in [0.25, 0.3) is 5.56 Å². The van der Waals surface area contributed by atoms with E-state index in [1.807, 2.05) is 50.2 Å². The second kappa shape index (κ2) is 5.78. The molecule has 3 atom stereocenters. The Bertz CT molecular complexity index is 1300. The smallest absolute Gasteiger partial charge is 0.271 e. The van der Waals surface area contributed by atoms with Crippen molar-refractivity contribution < 1.29 is 13.9 Å². The molecule has 0 unspecified atom stereocenters. The number of rotatable bonds is 2. The lowest BCUT2D eigenvalue weighted by molar-refractivity contribution is -0.132. The molecule has 2 bridgehead atoms. The fourth-order valence-electron chi connectivity index (χ4n) is 4.22. The number of furan rings is 1. The molecule has 0 spiro atoms. The molecule has 0 aliphatic carbocycles. The minimum atomic E-state index is -1.04. The van der Waals surface area contributed by atoms with Crippen molar-refractivity contribution in [3.8, 4) is 5.75 Å². The van der Waals surface area contributed by atoms with Gasteiger partial charge in [0.05, 0.1) is 10.6 Å². The number of aryl methyl sites for hydroxylation is 1. The fourth-order valence-corrected chi connectivity index (χ4v) is 5.30. The summed E-state index contributed by atoms with van der Waals surface area (Å²) in [5.74, 6) is 1.43. The Labute approximate surface area is 164 Å². The van der Waals surface area contributed by atoms with E-state index in [1.54, 1.807) is 10.6 Å². The average Bonchev–Trinajstić information content (AvgIpc) is 3.16. The summed E-state index contributed by atoms with van der Waals surface area (Å²) in [6, 6.07) is 10.8. The highest BCUT2D eigenvalue weighted by Gasteiger charge is 2.53. The minimum absolute atomic E-state index is 0.0540. The van der Waals surface area contributed by atoms with Crippen LogP contribution in [-0.2, 0) is 4.79 Å². The molecule has 2 aliphatic heterocycles. The SMILES string of the molecule is CC(=O)[C@@H]1[C@H]2c3ccccc3O[C@]1(C)N=c1s/c(=C/c3ccc(C)o3)c(=O)n12. The van der Waals surface area contributed by atoms with E-state index < -0.39 is 17.7 Å². The third-order valence-electron chi connectivity index (χ3n) is 5.35. The second-order valence-corrected chi connectivity index (χ2v) is 8.37. The number of Topliss-reactive ketones (excluding diaryl/α,β-unsaturated/α-hetero) is 1. The van der Waals surface area contributed by atoms with E-state index in [1.165, 1.54) is 18.3 Å². The molecule has 0 N–H and O–H groups in total. The molecule has 142 valence electrons. The number of aromatic nitrogens is 1. The standard InChI is InChI=1S/C21H18N2O4S/c1-11-8-9-13(26-11)10-16-19(25)23-18-14-6-4-5-7-15(14)27-21(3,17(18)12(2)24)22-20(23)28-16/h4-10,17-18H,1-3H3/b16-10+/t17-,18-,21+/m1/s1. The first-order valence-electron chi connectivity index (χ1n) is 9.05. The maximum Gasteiger partial charge on any atom is 0.271 e. The molecule has 0 saturated heterocycles. The number of nitrogens with zero attached hydrogens (tertiary/aromatic N) is 2. The van der Waals surface area contributed by atoms with Gasteiger partial charge in [-0.1, -0.05) is 29.5 Å². The molecule has 5 rings (SSSR count). The second-order valence-electron chi connectivity index (χ2n) is 7.36. The summed E-state index contributed by atoms with van der Waals surface area (Å²) < 4.78 is 13.9. The van der Waals surface area contributed by atoms with E-state index in [9.17, 15) is 9.59 Å². The maximum atomic E-state index is 13.3. The number of thiazole rings is 1. The van der Waals surface area contributed by atoms with Crippen molar-refractivity contribution >= 4 is 23.2 Å². The van der Waals surface area contributed by atoms with Crippen LogP contribution in [0.2, 0.25) is 0 Å². The zero-order valence-corrected chi connectivity index (χ0v) is 16.4. The van der Waals surface area contributed by atoms with Gasteiger partial charge < -0.3 is 9.15 Å². The summed E-state index contributed by atoms with van der Waals surface area (Å²) >= 11 is 1.29. The highest BCUT2D eigenvalue weighted by Crippen LogP contribution is 2.47. The van der Waals surface area contributed by atoms with Gasteiger partial charge in [-0.05, 0) is 39.0 Å². The van der Waals surface area contributed by atoms with E-state index in [2.05, 4.69) is 0 Å². The van der Waals surface area contributed by atoms with Crippen LogP contribution in [0, 0.1) is 12.8 Å². The third kappa shape index (κ3) is 2.36. The summed E-state index contributed by atoms with van der Waals surface area (Å²) in [4.78, 5) is 31.1. The molecule has 6 nitrogen and oxygen atoms in total. The largest absolute Gasteiger partial charge is 0.465 e. The van der Waals surface area contributed by atoms with Crippen molar-refractivity contribution in [2.24, 2.45) is 10.9 Å². The molecule has 1 aromatic carbocycles. The van der Waals surface area contributed by atoms with Crippen molar-refractivity contribution in [3.63, 3.8) is 0 Å². The molecule has 7 heteroatoms. The highest BCUT2D eigenvalue weighted by atomic mass is 32.1. The Kier molecular flexibility index (Phi) is 3.55. The van der Waals surface area contributed by atoms with E-state index >= 15 is 0 Å². The average molecular weight is 394 g/mol. The predicted octanol–water partition coefficient (Wildman–Crippen LogP) is 2.18. The molecule has 2 aliphatic rings.